The van der Waals surface area contributed by atoms with Crippen molar-refractivity contribution in [3.63, 3.8) is 0 Å². The highest BCUT2D eigenvalue weighted by atomic mass is 35.5. The Balaban J connectivity index is 1.54. The molecule has 1 amide bonds. The summed E-state index contributed by atoms with van der Waals surface area (Å²) in [6.07, 6.45) is 1.62. The molecule has 1 aromatic carbocycles. The molecule has 0 atom stereocenters. The zero-order valence-electron chi connectivity index (χ0n) is 14.1. The number of nitrogens with zero attached hydrogens (tertiary/aromatic N) is 5. The summed E-state index contributed by atoms with van der Waals surface area (Å²) in [7, 11) is 0. The average molecular weight is 359 g/mol. The highest BCUT2D eigenvalue weighted by molar-refractivity contribution is 6.30. The number of carbonyl (C=O) groups excluding carboxylic acids is 1. The Bertz CT molecular complexity index is 885. The SMILES string of the molecule is Cc1cc(C)n(CCNC(=O)c2cn(Cc3cccc(Cl)c3)nn2)n1. The number of halogens is 1. The smallest absolute Gasteiger partial charge is 0.273 e. The molecule has 0 spiro atoms. The van der Waals surface area contributed by atoms with Crippen LogP contribution in [0.25, 0.3) is 0 Å². The molecular formula is C17H19ClN6O. The van der Waals surface area contributed by atoms with Crippen LogP contribution in [0.4, 0.5) is 0 Å². The highest BCUT2D eigenvalue weighted by Crippen LogP contribution is 2.11. The van der Waals surface area contributed by atoms with Crippen LogP contribution in [0.1, 0.15) is 27.4 Å². The number of aromatic nitrogens is 5. The predicted octanol–water partition coefficient (Wildman–Crippen LogP) is 2.22. The monoisotopic (exact) mass is 358 g/mol. The van der Waals surface area contributed by atoms with E-state index in [1.54, 1.807) is 10.9 Å². The Kier molecular flexibility index (Phi) is 5.14. The van der Waals surface area contributed by atoms with E-state index in [-0.39, 0.29) is 11.6 Å². The van der Waals surface area contributed by atoms with Crippen molar-refractivity contribution in [3.8, 4) is 0 Å². The van der Waals surface area contributed by atoms with Crippen molar-refractivity contribution in [3.05, 3.63) is 64.2 Å². The first kappa shape index (κ1) is 17.2. The van der Waals surface area contributed by atoms with E-state index in [1.165, 1.54) is 0 Å². The lowest BCUT2D eigenvalue weighted by Crippen LogP contribution is -2.28. The molecule has 0 saturated heterocycles. The summed E-state index contributed by atoms with van der Waals surface area (Å²) in [6.45, 7) is 5.53. The van der Waals surface area contributed by atoms with Crippen LogP contribution in [0.15, 0.2) is 36.5 Å². The molecule has 0 aliphatic rings. The summed E-state index contributed by atoms with van der Waals surface area (Å²) in [6, 6.07) is 9.50. The summed E-state index contributed by atoms with van der Waals surface area (Å²) < 4.78 is 3.48. The molecule has 0 aliphatic carbocycles. The minimum absolute atomic E-state index is 0.251. The van der Waals surface area contributed by atoms with Crippen molar-refractivity contribution in [2.24, 2.45) is 0 Å². The maximum Gasteiger partial charge on any atom is 0.273 e. The van der Waals surface area contributed by atoms with Crippen LogP contribution in [0.5, 0.6) is 0 Å². The Morgan fingerprint density at radius 1 is 1.28 bits per heavy atom. The molecule has 0 fully saturated rings. The fourth-order valence-corrected chi connectivity index (χ4v) is 2.78. The fraction of sp³-hybridized carbons (Fsp3) is 0.294. The Morgan fingerprint density at radius 2 is 2.12 bits per heavy atom. The molecule has 130 valence electrons. The molecular weight excluding hydrogens is 340 g/mol. The Morgan fingerprint density at radius 3 is 2.84 bits per heavy atom. The van der Waals surface area contributed by atoms with Gasteiger partial charge in [-0.25, -0.2) is 4.68 Å². The van der Waals surface area contributed by atoms with Crippen molar-refractivity contribution in [1.82, 2.24) is 30.1 Å². The van der Waals surface area contributed by atoms with Crippen molar-refractivity contribution in [1.29, 1.82) is 0 Å². The largest absolute Gasteiger partial charge is 0.349 e. The number of benzene rings is 1. The lowest BCUT2D eigenvalue weighted by atomic mass is 10.2. The first-order valence-electron chi connectivity index (χ1n) is 7.95. The summed E-state index contributed by atoms with van der Waals surface area (Å²) in [5, 5.41) is 15.8. The van der Waals surface area contributed by atoms with E-state index in [4.69, 9.17) is 11.6 Å². The molecule has 3 rings (SSSR count). The van der Waals surface area contributed by atoms with Crippen LogP contribution in [0.3, 0.4) is 0 Å². The maximum atomic E-state index is 12.2. The number of carbonyl (C=O) groups is 1. The van der Waals surface area contributed by atoms with E-state index in [1.807, 2.05) is 48.9 Å². The Hall–Kier alpha value is -2.67. The summed E-state index contributed by atoms with van der Waals surface area (Å²) in [5.41, 5.74) is 3.32. The van der Waals surface area contributed by atoms with E-state index in [0.717, 1.165) is 17.0 Å². The first-order valence-corrected chi connectivity index (χ1v) is 8.33. The molecule has 0 aliphatic heterocycles. The molecule has 0 radical (unpaired) electrons. The van der Waals surface area contributed by atoms with Gasteiger partial charge in [0.05, 0.1) is 25.0 Å². The summed E-state index contributed by atoms with van der Waals surface area (Å²) in [4.78, 5) is 12.2. The van der Waals surface area contributed by atoms with E-state index < -0.39 is 0 Å². The van der Waals surface area contributed by atoms with Gasteiger partial charge in [0.1, 0.15) is 0 Å². The first-order chi connectivity index (χ1) is 12.0. The number of aryl methyl sites for hydroxylation is 2. The van der Waals surface area contributed by atoms with E-state index in [9.17, 15) is 4.79 Å². The number of nitrogens with one attached hydrogen (secondary N) is 1. The number of hydrogen-bond acceptors (Lipinski definition) is 4. The minimum Gasteiger partial charge on any atom is -0.349 e. The molecule has 1 N–H and O–H groups in total. The molecule has 0 bridgehead atoms. The number of amides is 1. The van der Waals surface area contributed by atoms with E-state index in [2.05, 4.69) is 20.7 Å². The van der Waals surface area contributed by atoms with Gasteiger partial charge < -0.3 is 5.32 Å². The molecule has 2 aromatic heterocycles. The van der Waals surface area contributed by atoms with Crippen LogP contribution in [0, 0.1) is 13.8 Å². The van der Waals surface area contributed by atoms with Gasteiger partial charge in [0.2, 0.25) is 0 Å². The molecule has 2 heterocycles. The van der Waals surface area contributed by atoms with Crippen molar-refractivity contribution >= 4 is 17.5 Å². The zero-order valence-corrected chi connectivity index (χ0v) is 14.9. The number of rotatable bonds is 6. The van der Waals surface area contributed by atoms with Crippen LogP contribution < -0.4 is 5.32 Å². The second kappa shape index (κ2) is 7.48. The quantitative estimate of drug-likeness (QED) is 0.733. The molecule has 25 heavy (non-hydrogen) atoms. The van der Waals surface area contributed by atoms with Gasteiger partial charge in [0, 0.05) is 17.3 Å². The zero-order chi connectivity index (χ0) is 17.8. The second-order valence-corrected chi connectivity index (χ2v) is 6.27. The standard InChI is InChI=1S/C17H19ClN6O/c1-12-8-13(2)24(21-12)7-6-19-17(25)16-11-23(22-20-16)10-14-4-3-5-15(18)9-14/h3-5,8-9,11H,6-7,10H2,1-2H3,(H,19,25). The van der Waals surface area contributed by atoms with Gasteiger partial charge in [-0.2, -0.15) is 5.10 Å². The van der Waals surface area contributed by atoms with Crippen LogP contribution >= 0.6 is 11.6 Å². The van der Waals surface area contributed by atoms with Crippen molar-refractivity contribution in [2.45, 2.75) is 26.9 Å². The third kappa shape index (κ3) is 4.45. The van der Waals surface area contributed by atoms with E-state index >= 15 is 0 Å². The van der Waals surface area contributed by atoms with Gasteiger partial charge >= 0.3 is 0 Å². The van der Waals surface area contributed by atoms with Crippen LogP contribution in [0.2, 0.25) is 5.02 Å². The van der Waals surface area contributed by atoms with Gasteiger partial charge in [0.25, 0.3) is 5.91 Å². The topological polar surface area (TPSA) is 77.6 Å². The average Bonchev–Trinajstić information content (AvgIpc) is 3.14. The fourth-order valence-electron chi connectivity index (χ4n) is 2.57. The normalized spacial score (nSPS) is 10.8. The lowest BCUT2D eigenvalue weighted by molar-refractivity contribution is 0.0946. The third-order valence-electron chi connectivity index (χ3n) is 3.72. The molecule has 0 unspecified atom stereocenters. The van der Waals surface area contributed by atoms with Gasteiger partial charge in [-0.15, -0.1) is 5.10 Å². The van der Waals surface area contributed by atoms with Crippen molar-refractivity contribution < 1.29 is 4.79 Å². The number of hydrogen-bond donors (Lipinski definition) is 1. The summed E-state index contributed by atoms with van der Waals surface area (Å²) >= 11 is 5.97. The molecule has 8 heteroatoms. The second-order valence-electron chi connectivity index (χ2n) is 5.84. The molecule has 0 saturated carbocycles. The Labute approximate surface area is 150 Å². The van der Waals surface area contributed by atoms with Gasteiger partial charge in [-0.1, -0.05) is 28.9 Å². The predicted molar refractivity (Wildman–Crippen MR) is 94.6 cm³/mol. The maximum absolute atomic E-state index is 12.2. The minimum atomic E-state index is -0.251. The third-order valence-corrected chi connectivity index (χ3v) is 3.95. The van der Waals surface area contributed by atoms with E-state index in [0.29, 0.717) is 24.7 Å². The molecule has 3 aromatic rings. The lowest BCUT2D eigenvalue weighted by Gasteiger charge is -2.05. The van der Waals surface area contributed by atoms with Crippen LogP contribution in [-0.4, -0.2) is 37.2 Å². The van der Waals surface area contributed by atoms with Gasteiger partial charge in [-0.05, 0) is 37.6 Å². The van der Waals surface area contributed by atoms with Gasteiger partial charge in [-0.3, -0.25) is 9.48 Å². The van der Waals surface area contributed by atoms with Crippen molar-refractivity contribution in [2.75, 3.05) is 6.54 Å². The molecule has 7 nitrogen and oxygen atoms in total. The van der Waals surface area contributed by atoms with Gasteiger partial charge in [0.15, 0.2) is 5.69 Å². The van der Waals surface area contributed by atoms with Crippen LogP contribution in [-0.2, 0) is 13.1 Å². The summed E-state index contributed by atoms with van der Waals surface area (Å²) in [5.74, 6) is -0.251. The highest BCUT2D eigenvalue weighted by Gasteiger charge is 2.11.